The summed E-state index contributed by atoms with van der Waals surface area (Å²) in [5.74, 6) is -0.703. The highest BCUT2D eigenvalue weighted by molar-refractivity contribution is 7.92. The summed E-state index contributed by atoms with van der Waals surface area (Å²) in [7, 11) is -2.27. The summed E-state index contributed by atoms with van der Waals surface area (Å²) in [6.45, 7) is -0.117. The third-order valence-corrected chi connectivity index (χ3v) is 4.28. The molecule has 1 amide bonds. The largest absolute Gasteiger partial charge is 0.392 e. The van der Waals surface area contributed by atoms with E-state index in [1.54, 1.807) is 24.3 Å². The van der Waals surface area contributed by atoms with Crippen LogP contribution in [0.5, 0.6) is 0 Å². The predicted octanol–water partition coefficient (Wildman–Crippen LogP) is 0.417. The molecule has 0 spiro atoms. The number of amides is 1. The molecular weight excluding hydrogens is 294 g/mol. The Morgan fingerprint density at radius 1 is 1.33 bits per heavy atom. The molecule has 0 saturated heterocycles. The van der Waals surface area contributed by atoms with Crippen molar-refractivity contribution in [3.05, 3.63) is 47.8 Å². The summed E-state index contributed by atoms with van der Waals surface area (Å²) >= 11 is 0. The van der Waals surface area contributed by atoms with Crippen LogP contribution in [0, 0.1) is 0 Å². The fourth-order valence-electron chi connectivity index (χ4n) is 1.82. The summed E-state index contributed by atoms with van der Waals surface area (Å²) in [5.41, 5.74) is 6.29. The molecule has 0 radical (unpaired) electrons. The molecule has 0 atom stereocenters. The standard InChI is InChI=1S/C13H15N3O4S/c1-16-7-11(6-12(16)13(14)18)21(19,20)15-10-4-2-9(8-17)3-5-10/h2-7,15,17H,8H2,1H3,(H2,14,18). The summed E-state index contributed by atoms with van der Waals surface area (Å²) in [5, 5.41) is 8.94. The fourth-order valence-corrected chi connectivity index (χ4v) is 2.95. The molecule has 21 heavy (non-hydrogen) atoms. The van der Waals surface area contributed by atoms with Crippen LogP contribution in [-0.2, 0) is 23.7 Å². The number of aromatic nitrogens is 1. The Morgan fingerprint density at radius 3 is 2.43 bits per heavy atom. The van der Waals surface area contributed by atoms with E-state index in [1.165, 1.54) is 23.9 Å². The van der Waals surface area contributed by atoms with Crippen molar-refractivity contribution >= 4 is 21.6 Å². The molecule has 0 fully saturated rings. The number of aliphatic hydroxyl groups is 1. The van der Waals surface area contributed by atoms with Crippen LogP contribution in [0.3, 0.4) is 0 Å². The Hall–Kier alpha value is -2.32. The van der Waals surface area contributed by atoms with Crippen molar-refractivity contribution in [1.29, 1.82) is 0 Å². The van der Waals surface area contributed by atoms with Crippen LogP contribution >= 0.6 is 0 Å². The molecule has 0 aliphatic rings. The fraction of sp³-hybridized carbons (Fsp3) is 0.154. The monoisotopic (exact) mass is 309 g/mol. The number of benzene rings is 1. The van der Waals surface area contributed by atoms with Crippen LogP contribution in [0.1, 0.15) is 16.1 Å². The van der Waals surface area contributed by atoms with Crippen molar-refractivity contribution < 1.29 is 18.3 Å². The maximum absolute atomic E-state index is 12.2. The SMILES string of the molecule is Cn1cc(S(=O)(=O)Nc2ccc(CO)cc2)cc1C(N)=O. The van der Waals surface area contributed by atoms with E-state index >= 15 is 0 Å². The van der Waals surface area contributed by atoms with Crippen molar-refractivity contribution in [1.82, 2.24) is 4.57 Å². The number of rotatable bonds is 5. The topological polar surface area (TPSA) is 114 Å². The second kappa shape index (κ2) is 5.58. The first-order valence-electron chi connectivity index (χ1n) is 6.02. The van der Waals surface area contributed by atoms with E-state index in [1.807, 2.05) is 0 Å². The zero-order chi connectivity index (χ0) is 15.6. The van der Waals surface area contributed by atoms with E-state index < -0.39 is 15.9 Å². The number of nitrogens with zero attached hydrogens (tertiary/aromatic N) is 1. The number of primary amides is 1. The molecule has 112 valence electrons. The van der Waals surface area contributed by atoms with Gasteiger partial charge < -0.3 is 15.4 Å². The summed E-state index contributed by atoms with van der Waals surface area (Å²) in [6, 6.07) is 7.52. The van der Waals surface area contributed by atoms with Gasteiger partial charge in [-0.25, -0.2) is 8.42 Å². The Labute approximate surface area is 122 Å². The number of sulfonamides is 1. The number of nitrogens with one attached hydrogen (secondary N) is 1. The lowest BCUT2D eigenvalue weighted by Crippen LogP contribution is -2.14. The summed E-state index contributed by atoms with van der Waals surface area (Å²) in [4.78, 5) is 11.1. The molecule has 0 aliphatic heterocycles. The number of aryl methyl sites for hydroxylation is 1. The lowest BCUT2D eigenvalue weighted by atomic mass is 10.2. The Morgan fingerprint density at radius 2 is 1.95 bits per heavy atom. The molecule has 2 rings (SSSR count). The third kappa shape index (κ3) is 3.23. The van der Waals surface area contributed by atoms with E-state index in [9.17, 15) is 13.2 Å². The molecule has 0 aliphatic carbocycles. The molecule has 1 aromatic heterocycles. The first-order chi connectivity index (χ1) is 9.83. The van der Waals surface area contributed by atoms with Gasteiger partial charge in [0.05, 0.1) is 6.61 Å². The highest BCUT2D eigenvalue weighted by Gasteiger charge is 2.19. The van der Waals surface area contributed by atoms with E-state index in [4.69, 9.17) is 10.8 Å². The number of aliphatic hydroxyl groups excluding tert-OH is 1. The molecule has 1 aromatic carbocycles. The summed E-state index contributed by atoms with van der Waals surface area (Å²) in [6.07, 6.45) is 1.31. The normalized spacial score (nSPS) is 11.3. The number of anilines is 1. The first-order valence-corrected chi connectivity index (χ1v) is 7.50. The van der Waals surface area contributed by atoms with E-state index in [-0.39, 0.29) is 17.2 Å². The van der Waals surface area contributed by atoms with E-state index in [0.29, 0.717) is 11.3 Å². The molecule has 0 bridgehead atoms. The van der Waals surface area contributed by atoms with E-state index in [2.05, 4.69) is 4.72 Å². The average Bonchev–Trinajstić information content (AvgIpc) is 2.82. The summed E-state index contributed by atoms with van der Waals surface area (Å²) < 4.78 is 28.2. The second-order valence-corrected chi connectivity index (χ2v) is 6.18. The molecule has 2 aromatic rings. The Balaban J connectivity index is 2.29. The van der Waals surface area contributed by atoms with Gasteiger partial charge in [-0.05, 0) is 23.8 Å². The highest BCUT2D eigenvalue weighted by Crippen LogP contribution is 2.18. The minimum Gasteiger partial charge on any atom is -0.392 e. The van der Waals surface area contributed by atoms with Crippen molar-refractivity contribution in [2.75, 3.05) is 4.72 Å². The number of nitrogens with two attached hydrogens (primary N) is 1. The molecule has 1 heterocycles. The van der Waals surface area contributed by atoms with Crippen molar-refractivity contribution in [3.8, 4) is 0 Å². The van der Waals surface area contributed by atoms with E-state index in [0.717, 1.165) is 0 Å². The maximum atomic E-state index is 12.2. The Bertz CT molecular complexity index is 763. The average molecular weight is 309 g/mol. The highest BCUT2D eigenvalue weighted by atomic mass is 32.2. The van der Waals surface area contributed by atoms with Crippen molar-refractivity contribution in [3.63, 3.8) is 0 Å². The van der Waals surface area contributed by atoms with Gasteiger partial charge in [0.15, 0.2) is 0 Å². The van der Waals surface area contributed by atoms with Crippen LogP contribution < -0.4 is 10.5 Å². The van der Waals surface area contributed by atoms with Gasteiger partial charge in [0, 0.05) is 18.9 Å². The first kappa shape index (κ1) is 15.1. The molecule has 4 N–H and O–H groups in total. The molecule has 0 saturated carbocycles. The lowest BCUT2D eigenvalue weighted by molar-refractivity contribution is 0.0992. The predicted molar refractivity (Wildman–Crippen MR) is 77.1 cm³/mol. The van der Waals surface area contributed by atoms with Crippen LogP contribution in [0.2, 0.25) is 0 Å². The number of hydrogen-bond acceptors (Lipinski definition) is 4. The Kier molecular flexibility index (Phi) is 4.01. The smallest absolute Gasteiger partial charge is 0.265 e. The lowest BCUT2D eigenvalue weighted by Gasteiger charge is -2.06. The van der Waals surface area contributed by atoms with Gasteiger partial charge >= 0.3 is 0 Å². The minimum atomic E-state index is -3.81. The molecule has 7 nitrogen and oxygen atoms in total. The van der Waals surface area contributed by atoms with Gasteiger partial charge in [0.1, 0.15) is 10.6 Å². The van der Waals surface area contributed by atoms with Gasteiger partial charge in [-0.1, -0.05) is 12.1 Å². The number of carbonyl (C=O) groups is 1. The van der Waals surface area contributed by atoms with Crippen LogP contribution in [-0.4, -0.2) is 24.0 Å². The molecule has 8 heteroatoms. The van der Waals surface area contributed by atoms with Crippen molar-refractivity contribution in [2.45, 2.75) is 11.5 Å². The number of carbonyl (C=O) groups excluding carboxylic acids is 1. The van der Waals surface area contributed by atoms with Crippen LogP contribution in [0.15, 0.2) is 41.4 Å². The van der Waals surface area contributed by atoms with Gasteiger partial charge in [0.2, 0.25) is 0 Å². The van der Waals surface area contributed by atoms with Gasteiger partial charge in [-0.3, -0.25) is 9.52 Å². The maximum Gasteiger partial charge on any atom is 0.265 e. The zero-order valence-electron chi connectivity index (χ0n) is 11.3. The zero-order valence-corrected chi connectivity index (χ0v) is 12.1. The minimum absolute atomic E-state index is 0.0509. The van der Waals surface area contributed by atoms with Crippen LogP contribution in [0.4, 0.5) is 5.69 Å². The van der Waals surface area contributed by atoms with Gasteiger partial charge in [0.25, 0.3) is 15.9 Å². The number of hydrogen-bond donors (Lipinski definition) is 3. The van der Waals surface area contributed by atoms with Crippen LogP contribution in [0.25, 0.3) is 0 Å². The molecular formula is C13H15N3O4S. The van der Waals surface area contributed by atoms with Gasteiger partial charge in [-0.2, -0.15) is 0 Å². The van der Waals surface area contributed by atoms with Crippen molar-refractivity contribution in [2.24, 2.45) is 12.8 Å². The quantitative estimate of drug-likeness (QED) is 0.742. The third-order valence-electron chi connectivity index (χ3n) is 2.93. The molecule has 0 unspecified atom stereocenters. The second-order valence-electron chi connectivity index (χ2n) is 4.50. The van der Waals surface area contributed by atoms with Gasteiger partial charge in [-0.15, -0.1) is 0 Å².